The van der Waals surface area contributed by atoms with Crippen molar-refractivity contribution in [1.29, 1.82) is 0 Å². The molecule has 1 aromatic heterocycles. The molecule has 4 heterocycles. The Morgan fingerprint density at radius 2 is 1.88 bits per heavy atom. The van der Waals surface area contributed by atoms with Crippen LogP contribution in [0, 0.1) is 5.82 Å². The van der Waals surface area contributed by atoms with Gasteiger partial charge in [0.25, 0.3) is 0 Å². The standard InChI is InChI=1S/C27H28FN3O/c28-22-4-5-25-23(16-22)24(17-29-25)19-8-12-30(13-9-19)11-7-18-14-20-2-1-10-31-26(32)6-3-21(15-18)27(20)31/h4-5,8,14-17,29H,1-3,6-7,9-13H2. The molecular formula is C27H28FN3O. The van der Waals surface area contributed by atoms with E-state index >= 15 is 0 Å². The first-order valence-corrected chi connectivity index (χ1v) is 11.8. The van der Waals surface area contributed by atoms with Gasteiger partial charge in [0, 0.05) is 55.3 Å². The lowest BCUT2D eigenvalue weighted by Gasteiger charge is -2.35. The number of carbonyl (C=O) groups excluding carboxylic acids is 1. The molecule has 1 N–H and O–H groups in total. The van der Waals surface area contributed by atoms with Crippen LogP contribution in [0.15, 0.2) is 42.6 Å². The van der Waals surface area contributed by atoms with Crippen molar-refractivity contribution in [3.05, 3.63) is 70.7 Å². The molecule has 3 aromatic rings. The second-order valence-electron chi connectivity index (χ2n) is 9.33. The van der Waals surface area contributed by atoms with Gasteiger partial charge in [-0.25, -0.2) is 4.39 Å². The predicted molar refractivity (Wildman–Crippen MR) is 126 cm³/mol. The van der Waals surface area contributed by atoms with Gasteiger partial charge in [-0.1, -0.05) is 18.2 Å². The second-order valence-corrected chi connectivity index (χ2v) is 9.33. The fourth-order valence-electron chi connectivity index (χ4n) is 5.67. The molecular weight excluding hydrogens is 401 g/mol. The number of anilines is 1. The van der Waals surface area contributed by atoms with E-state index in [0.29, 0.717) is 12.3 Å². The Hall–Kier alpha value is -2.92. The summed E-state index contributed by atoms with van der Waals surface area (Å²) < 4.78 is 13.7. The largest absolute Gasteiger partial charge is 0.361 e. The first-order valence-electron chi connectivity index (χ1n) is 11.8. The number of aromatic nitrogens is 1. The van der Waals surface area contributed by atoms with Gasteiger partial charge in [-0.3, -0.25) is 9.69 Å². The number of rotatable bonds is 4. The van der Waals surface area contributed by atoms with Gasteiger partial charge in [0.15, 0.2) is 0 Å². The van der Waals surface area contributed by atoms with Crippen LogP contribution < -0.4 is 4.90 Å². The zero-order chi connectivity index (χ0) is 21.7. The highest BCUT2D eigenvalue weighted by Crippen LogP contribution is 2.37. The lowest BCUT2D eigenvalue weighted by molar-refractivity contribution is -0.119. The topological polar surface area (TPSA) is 39.3 Å². The zero-order valence-electron chi connectivity index (χ0n) is 18.3. The minimum Gasteiger partial charge on any atom is -0.361 e. The third kappa shape index (κ3) is 3.45. The van der Waals surface area contributed by atoms with Crippen molar-refractivity contribution in [2.75, 3.05) is 31.1 Å². The minimum atomic E-state index is -0.187. The Morgan fingerprint density at radius 1 is 1.00 bits per heavy atom. The number of halogens is 1. The summed E-state index contributed by atoms with van der Waals surface area (Å²) in [5.74, 6) is 0.105. The molecule has 0 unspecified atom stereocenters. The van der Waals surface area contributed by atoms with Crippen molar-refractivity contribution in [1.82, 2.24) is 9.88 Å². The van der Waals surface area contributed by atoms with E-state index in [1.165, 1.54) is 34.0 Å². The number of hydrogen-bond acceptors (Lipinski definition) is 2. The molecule has 3 aliphatic rings. The number of amides is 1. The predicted octanol–water partition coefficient (Wildman–Crippen LogP) is 4.86. The Kier molecular flexibility index (Phi) is 4.87. The summed E-state index contributed by atoms with van der Waals surface area (Å²) in [6, 6.07) is 9.63. The molecule has 0 spiro atoms. The summed E-state index contributed by atoms with van der Waals surface area (Å²) in [6.45, 7) is 3.86. The number of hydrogen-bond donors (Lipinski definition) is 1. The third-order valence-electron chi connectivity index (χ3n) is 7.33. The summed E-state index contributed by atoms with van der Waals surface area (Å²) in [6.07, 6.45) is 10.0. The lowest BCUT2D eigenvalue weighted by atomic mass is 9.89. The van der Waals surface area contributed by atoms with Gasteiger partial charge in [-0.2, -0.15) is 0 Å². The Bertz CT molecular complexity index is 1220. The van der Waals surface area contributed by atoms with Crippen LogP contribution in [0.2, 0.25) is 0 Å². The highest BCUT2D eigenvalue weighted by Gasteiger charge is 2.29. The molecule has 5 heteroatoms. The molecule has 32 heavy (non-hydrogen) atoms. The summed E-state index contributed by atoms with van der Waals surface area (Å²) >= 11 is 0. The van der Waals surface area contributed by atoms with Crippen molar-refractivity contribution in [3.63, 3.8) is 0 Å². The van der Waals surface area contributed by atoms with E-state index in [9.17, 15) is 9.18 Å². The molecule has 0 bridgehead atoms. The van der Waals surface area contributed by atoms with Crippen LogP contribution in [0.5, 0.6) is 0 Å². The zero-order valence-corrected chi connectivity index (χ0v) is 18.3. The van der Waals surface area contributed by atoms with Gasteiger partial charge in [0.2, 0.25) is 5.91 Å². The molecule has 0 radical (unpaired) electrons. The molecule has 3 aliphatic heterocycles. The number of aromatic amines is 1. The summed E-state index contributed by atoms with van der Waals surface area (Å²) in [5, 5.41) is 0.972. The maximum Gasteiger partial charge on any atom is 0.227 e. The van der Waals surface area contributed by atoms with Crippen LogP contribution >= 0.6 is 0 Å². The average molecular weight is 430 g/mol. The molecule has 0 aliphatic carbocycles. The number of H-pyrrole nitrogens is 1. The van der Waals surface area contributed by atoms with Crippen LogP contribution in [0.4, 0.5) is 10.1 Å². The van der Waals surface area contributed by atoms with Crippen LogP contribution in [0.1, 0.15) is 41.5 Å². The lowest BCUT2D eigenvalue weighted by Crippen LogP contribution is -2.39. The van der Waals surface area contributed by atoms with Crippen molar-refractivity contribution in [2.45, 2.75) is 38.5 Å². The van der Waals surface area contributed by atoms with Gasteiger partial charge in [-0.05, 0) is 72.6 Å². The van der Waals surface area contributed by atoms with Crippen LogP contribution in [-0.4, -0.2) is 42.0 Å². The molecule has 6 rings (SSSR count). The minimum absolute atomic E-state index is 0.187. The highest BCUT2D eigenvalue weighted by molar-refractivity contribution is 5.98. The molecule has 1 amide bonds. The van der Waals surface area contributed by atoms with Gasteiger partial charge >= 0.3 is 0 Å². The van der Waals surface area contributed by atoms with E-state index < -0.39 is 0 Å². The van der Waals surface area contributed by atoms with E-state index in [1.54, 1.807) is 6.07 Å². The summed E-state index contributed by atoms with van der Waals surface area (Å²) in [7, 11) is 0. The van der Waals surface area contributed by atoms with Crippen LogP contribution in [0.3, 0.4) is 0 Å². The third-order valence-corrected chi connectivity index (χ3v) is 7.33. The van der Waals surface area contributed by atoms with E-state index in [4.69, 9.17) is 0 Å². The van der Waals surface area contributed by atoms with E-state index in [0.717, 1.165) is 74.7 Å². The number of benzene rings is 2. The molecule has 0 saturated carbocycles. The first kappa shape index (κ1) is 19.7. The maximum absolute atomic E-state index is 13.7. The Balaban J connectivity index is 1.15. The molecule has 0 fully saturated rings. The number of nitrogens with zero attached hydrogens (tertiary/aromatic N) is 2. The molecule has 4 nitrogen and oxygen atoms in total. The maximum atomic E-state index is 13.7. The monoisotopic (exact) mass is 429 g/mol. The van der Waals surface area contributed by atoms with Crippen LogP contribution in [-0.2, 0) is 24.1 Å². The quantitative estimate of drug-likeness (QED) is 0.643. The first-order chi connectivity index (χ1) is 15.7. The highest BCUT2D eigenvalue weighted by atomic mass is 19.1. The summed E-state index contributed by atoms with van der Waals surface area (Å²) in [5.41, 5.74) is 8.77. The fraction of sp³-hybridized carbons (Fsp3) is 0.370. The second kappa shape index (κ2) is 7.89. The van der Waals surface area contributed by atoms with E-state index in [1.807, 2.05) is 17.2 Å². The van der Waals surface area contributed by atoms with Gasteiger partial charge in [0.1, 0.15) is 5.82 Å². The van der Waals surface area contributed by atoms with Gasteiger partial charge < -0.3 is 9.88 Å². The van der Waals surface area contributed by atoms with E-state index in [2.05, 4.69) is 28.1 Å². The fourth-order valence-corrected chi connectivity index (χ4v) is 5.67. The number of nitrogens with one attached hydrogen (secondary N) is 1. The van der Waals surface area contributed by atoms with Crippen molar-refractivity contribution < 1.29 is 9.18 Å². The summed E-state index contributed by atoms with van der Waals surface area (Å²) in [4.78, 5) is 20.1. The van der Waals surface area contributed by atoms with Crippen LogP contribution in [0.25, 0.3) is 16.5 Å². The molecule has 2 aromatic carbocycles. The number of aryl methyl sites for hydroxylation is 2. The normalized spacial score (nSPS) is 18.7. The SMILES string of the molecule is O=C1CCc2cc(CCN3CC=C(c4c[nH]c5ccc(F)cc45)CC3)cc3c2N1CCC3. The number of fused-ring (bicyclic) bond motifs is 1. The van der Waals surface area contributed by atoms with Crippen molar-refractivity contribution in [2.24, 2.45) is 0 Å². The number of carbonyl (C=O) groups is 1. The average Bonchev–Trinajstić information content (AvgIpc) is 3.23. The molecule has 164 valence electrons. The Morgan fingerprint density at radius 3 is 2.72 bits per heavy atom. The van der Waals surface area contributed by atoms with Crippen molar-refractivity contribution >= 4 is 28.1 Å². The Labute approximate surface area is 187 Å². The van der Waals surface area contributed by atoms with Crippen molar-refractivity contribution in [3.8, 4) is 0 Å². The van der Waals surface area contributed by atoms with Gasteiger partial charge in [0.05, 0.1) is 5.69 Å². The molecule has 0 atom stereocenters. The molecule has 0 saturated heterocycles. The van der Waals surface area contributed by atoms with Gasteiger partial charge in [-0.15, -0.1) is 0 Å². The smallest absolute Gasteiger partial charge is 0.227 e. The van der Waals surface area contributed by atoms with E-state index in [-0.39, 0.29) is 5.82 Å².